The highest BCUT2D eigenvalue weighted by atomic mass is 16.6. The predicted octanol–water partition coefficient (Wildman–Crippen LogP) is 3.68. The number of amides is 1. The Labute approximate surface area is 166 Å². The van der Waals surface area contributed by atoms with E-state index in [0.29, 0.717) is 6.42 Å². The molecule has 0 aliphatic rings. The minimum absolute atomic E-state index is 0.165. The maximum Gasteiger partial charge on any atom is 0.422 e. The van der Waals surface area contributed by atoms with Gasteiger partial charge in [0.1, 0.15) is 18.2 Å². The van der Waals surface area contributed by atoms with Crippen LogP contribution in [0.25, 0.3) is 0 Å². The number of carbonyl (C=O) groups is 2. The molecule has 0 saturated carbocycles. The number of benzene rings is 2. The van der Waals surface area contributed by atoms with E-state index < -0.39 is 23.7 Å². The Bertz CT molecular complexity index is 785. The third-order valence-corrected chi connectivity index (χ3v) is 3.78. The number of hydrogen-bond donors (Lipinski definition) is 2. The lowest BCUT2D eigenvalue weighted by molar-refractivity contribution is -0.147. The number of nitrogens with one attached hydrogen (secondary N) is 2. The van der Waals surface area contributed by atoms with Crippen molar-refractivity contribution in [3.05, 3.63) is 71.3 Å². The Hall–Kier alpha value is -2.86. The molecule has 1 amide bonds. The molecule has 2 aromatic rings. The van der Waals surface area contributed by atoms with Crippen LogP contribution in [0.1, 0.15) is 37.5 Å². The highest BCUT2D eigenvalue weighted by molar-refractivity contribution is 5.77. The van der Waals surface area contributed by atoms with Gasteiger partial charge in [0, 0.05) is 6.42 Å². The van der Waals surface area contributed by atoms with Crippen molar-refractivity contribution >= 4 is 12.1 Å². The molecule has 6 heteroatoms. The van der Waals surface area contributed by atoms with E-state index in [1.807, 2.05) is 61.5 Å². The highest BCUT2D eigenvalue weighted by Crippen LogP contribution is 2.10. The molecule has 2 N–H and O–H groups in total. The minimum Gasteiger partial charge on any atom is -0.460 e. The number of hydrazine groups is 1. The molecule has 0 heterocycles. The Morgan fingerprint density at radius 3 is 2.32 bits per heavy atom. The molecule has 0 bridgehead atoms. The van der Waals surface area contributed by atoms with Gasteiger partial charge in [0.15, 0.2) is 0 Å². The van der Waals surface area contributed by atoms with Gasteiger partial charge in [0.25, 0.3) is 0 Å². The van der Waals surface area contributed by atoms with Gasteiger partial charge in [-0.15, -0.1) is 0 Å². The first-order valence-corrected chi connectivity index (χ1v) is 9.23. The second-order valence-corrected chi connectivity index (χ2v) is 7.61. The summed E-state index contributed by atoms with van der Waals surface area (Å²) in [5, 5.41) is 0. The van der Waals surface area contributed by atoms with Gasteiger partial charge in [-0.05, 0) is 38.8 Å². The quantitative estimate of drug-likeness (QED) is 0.563. The van der Waals surface area contributed by atoms with E-state index in [1.165, 1.54) is 0 Å². The number of hydrogen-bond acceptors (Lipinski definition) is 5. The first kappa shape index (κ1) is 21.4. The Kier molecular flexibility index (Phi) is 7.58. The Morgan fingerprint density at radius 2 is 1.68 bits per heavy atom. The van der Waals surface area contributed by atoms with Crippen molar-refractivity contribution in [1.29, 1.82) is 0 Å². The summed E-state index contributed by atoms with van der Waals surface area (Å²) in [6.07, 6.45) is -0.289. The fourth-order valence-electron chi connectivity index (χ4n) is 2.55. The molecule has 0 radical (unpaired) electrons. The number of carbonyl (C=O) groups excluding carboxylic acids is 2. The summed E-state index contributed by atoms with van der Waals surface area (Å²) in [6.45, 7) is 7.46. The predicted molar refractivity (Wildman–Crippen MR) is 107 cm³/mol. The van der Waals surface area contributed by atoms with E-state index >= 15 is 0 Å². The number of ether oxygens (including phenoxy) is 2. The molecule has 6 nitrogen and oxygen atoms in total. The lowest BCUT2D eigenvalue weighted by Crippen LogP contribution is -2.51. The smallest absolute Gasteiger partial charge is 0.422 e. The van der Waals surface area contributed by atoms with Gasteiger partial charge in [-0.25, -0.2) is 10.2 Å². The third kappa shape index (κ3) is 7.80. The minimum atomic E-state index is -0.752. The highest BCUT2D eigenvalue weighted by Gasteiger charge is 2.23. The van der Waals surface area contributed by atoms with Crippen LogP contribution in [0.2, 0.25) is 0 Å². The largest absolute Gasteiger partial charge is 0.460 e. The lowest BCUT2D eigenvalue weighted by Gasteiger charge is -2.22. The Morgan fingerprint density at radius 1 is 1.00 bits per heavy atom. The summed E-state index contributed by atoms with van der Waals surface area (Å²) >= 11 is 0. The van der Waals surface area contributed by atoms with Crippen LogP contribution in [0.15, 0.2) is 54.6 Å². The fourth-order valence-corrected chi connectivity index (χ4v) is 2.55. The average Bonchev–Trinajstić information content (AvgIpc) is 2.62. The zero-order valence-electron chi connectivity index (χ0n) is 16.8. The van der Waals surface area contributed by atoms with Crippen molar-refractivity contribution in [1.82, 2.24) is 10.9 Å². The number of esters is 1. The van der Waals surface area contributed by atoms with Gasteiger partial charge in [-0.2, -0.15) is 0 Å². The van der Waals surface area contributed by atoms with Gasteiger partial charge in [0.05, 0.1) is 0 Å². The SMILES string of the molecule is Cc1cccc(C[C@@H](NNC(=O)OC(C)(C)C)C(=O)OCc2ccccc2)c1. The van der Waals surface area contributed by atoms with Crippen molar-refractivity contribution in [2.45, 2.75) is 52.4 Å². The topological polar surface area (TPSA) is 76.7 Å². The van der Waals surface area contributed by atoms with Crippen LogP contribution in [-0.2, 0) is 27.3 Å². The summed E-state index contributed by atoms with van der Waals surface area (Å²) in [5.74, 6) is -0.457. The summed E-state index contributed by atoms with van der Waals surface area (Å²) < 4.78 is 10.6. The van der Waals surface area contributed by atoms with E-state index in [0.717, 1.165) is 16.7 Å². The molecule has 2 aromatic carbocycles. The molecule has 0 fully saturated rings. The molecule has 0 aliphatic carbocycles. The standard InChI is InChI=1S/C22H28N2O4/c1-16-9-8-12-18(13-16)14-19(23-24-21(26)28-22(2,3)4)20(25)27-15-17-10-6-5-7-11-17/h5-13,19,23H,14-15H2,1-4H3,(H,24,26)/t19-/m1/s1. The molecule has 2 rings (SSSR count). The maximum absolute atomic E-state index is 12.6. The van der Waals surface area contributed by atoms with Crippen molar-refractivity contribution in [3.8, 4) is 0 Å². The molecule has 1 atom stereocenters. The number of rotatable bonds is 7. The fraction of sp³-hybridized carbons (Fsp3) is 0.364. The van der Waals surface area contributed by atoms with Crippen LogP contribution < -0.4 is 10.9 Å². The van der Waals surface area contributed by atoms with Crippen molar-refractivity contribution in [2.75, 3.05) is 0 Å². The van der Waals surface area contributed by atoms with E-state index in [4.69, 9.17) is 9.47 Å². The van der Waals surface area contributed by atoms with Crippen LogP contribution in [-0.4, -0.2) is 23.7 Å². The van der Waals surface area contributed by atoms with Gasteiger partial charge in [-0.3, -0.25) is 10.2 Å². The molecule has 0 aliphatic heterocycles. The van der Waals surface area contributed by atoms with Gasteiger partial charge in [-0.1, -0.05) is 60.2 Å². The van der Waals surface area contributed by atoms with Crippen molar-refractivity contribution < 1.29 is 19.1 Å². The summed E-state index contributed by atoms with van der Waals surface area (Å²) in [7, 11) is 0. The van der Waals surface area contributed by atoms with Crippen molar-refractivity contribution in [2.24, 2.45) is 0 Å². The molecular weight excluding hydrogens is 356 g/mol. The van der Waals surface area contributed by atoms with E-state index in [2.05, 4.69) is 10.9 Å². The summed E-state index contributed by atoms with van der Waals surface area (Å²) in [5.41, 5.74) is 7.50. The Balaban J connectivity index is 2.01. The second-order valence-electron chi connectivity index (χ2n) is 7.61. The van der Waals surface area contributed by atoms with Crippen LogP contribution in [0, 0.1) is 6.92 Å². The summed E-state index contributed by atoms with van der Waals surface area (Å²) in [6, 6.07) is 16.5. The van der Waals surface area contributed by atoms with Crippen LogP contribution >= 0.6 is 0 Å². The number of aryl methyl sites for hydroxylation is 1. The zero-order chi connectivity index (χ0) is 20.6. The molecule has 28 heavy (non-hydrogen) atoms. The van der Waals surface area contributed by atoms with E-state index in [1.54, 1.807) is 20.8 Å². The first-order chi connectivity index (χ1) is 13.2. The molecule has 0 aromatic heterocycles. The summed E-state index contributed by atoms with van der Waals surface area (Å²) in [4.78, 5) is 24.6. The molecule has 0 unspecified atom stereocenters. The van der Waals surface area contributed by atoms with Gasteiger partial charge in [0.2, 0.25) is 0 Å². The van der Waals surface area contributed by atoms with Crippen LogP contribution in [0.3, 0.4) is 0 Å². The normalized spacial score (nSPS) is 12.1. The average molecular weight is 384 g/mol. The zero-order valence-corrected chi connectivity index (χ0v) is 16.8. The molecule has 0 spiro atoms. The van der Waals surface area contributed by atoms with Crippen LogP contribution in [0.4, 0.5) is 4.79 Å². The van der Waals surface area contributed by atoms with Crippen LogP contribution in [0.5, 0.6) is 0 Å². The monoisotopic (exact) mass is 384 g/mol. The van der Waals surface area contributed by atoms with Crippen molar-refractivity contribution in [3.63, 3.8) is 0 Å². The van der Waals surface area contributed by atoms with E-state index in [-0.39, 0.29) is 6.61 Å². The van der Waals surface area contributed by atoms with Gasteiger partial charge >= 0.3 is 12.1 Å². The second kappa shape index (κ2) is 9.90. The maximum atomic E-state index is 12.6. The molecule has 150 valence electrons. The van der Waals surface area contributed by atoms with E-state index in [9.17, 15) is 9.59 Å². The third-order valence-electron chi connectivity index (χ3n) is 3.78. The first-order valence-electron chi connectivity index (χ1n) is 9.23. The lowest BCUT2D eigenvalue weighted by atomic mass is 10.0. The van der Waals surface area contributed by atoms with Gasteiger partial charge < -0.3 is 9.47 Å². The molecule has 0 saturated heterocycles. The molecular formula is C22H28N2O4.